The predicted octanol–water partition coefficient (Wildman–Crippen LogP) is 1.35. The summed E-state index contributed by atoms with van der Waals surface area (Å²) in [6, 6.07) is 7.85. The standard InChI is InChI=1S/C9H7N5/c1-2-4-7-6(3-1)11-9(12-7)8-5-10-14-13-8/h1-5H,(H,11,12)(H,10,13,14). The van der Waals surface area contributed by atoms with Gasteiger partial charge in [0.05, 0.1) is 17.2 Å². The highest BCUT2D eigenvalue weighted by Crippen LogP contribution is 2.16. The van der Waals surface area contributed by atoms with Gasteiger partial charge in [-0.2, -0.15) is 0 Å². The molecule has 3 rings (SSSR count). The summed E-state index contributed by atoms with van der Waals surface area (Å²) >= 11 is 0. The molecule has 2 N–H and O–H groups in total. The van der Waals surface area contributed by atoms with Crippen molar-refractivity contribution in [2.24, 2.45) is 0 Å². The van der Waals surface area contributed by atoms with Crippen molar-refractivity contribution >= 4 is 11.0 Å². The highest BCUT2D eigenvalue weighted by atomic mass is 15.3. The first-order chi connectivity index (χ1) is 6.93. The van der Waals surface area contributed by atoms with Gasteiger partial charge in [-0.05, 0) is 12.1 Å². The quantitative estimate of drug-likeness (QED) is 0.601. The second-order valence-electron chi connectivity index (χ2n) is 2.96. The van der Waals surface area contributed by atoms with E-state index in [-0.39, 0.29) is 0 Å². The zero-order valence-electron chi connectivity index (χ0n) is 7.23. The van der Waals surface area contributed by atoms with Gasteiger partial charge in [0.25, 0.3) is 0 Å². The molecule has 68 valence electrons. The monoisotopic (exact) mass is 185 g/mol. The lowest BCUT2D eigenvalue weighted by Crippen LogP contribution is -1.79. The molecular formula is C9H7N5. The lowest BCUT2D eigenvalue weighted by Gasteiger charge is -1.83. The van der Waals surface area contributed by atoms with Gasteiger partial charge in [0.1, 0.15) is 5.69 Å². The van der Waals surface area contributed by atoms with Crippen molar-refractivity contribution < 1.29 is 0 Å². The molecule has 0 aliphatic rings. The minimum Gasteiger partial charge on any atom is -0.337 e. The first-order valence-corrected chi connectivity index (χ1v) is 4.25. The van der Waals surface area contributed by atoms with E-state index in [1.54, 1.807) is 6.20 Å². The number of aromatic nitrogens is 5. The molecule has 0 aliphatic carbocycles. The minimum absolute atomic E-state index is 0.723. The number of fused-ring (bicyclic) bond motifs is 1. The van der Waals surface area contributed by atoms with Crippen molar-refractivity contribution in [3.8, 4) is 11.5 Å². The maximum absolute atomic E-state index is 4.38. The number of hydrogen-bond acceptors (Lipinski definition) is 3. The van der Waals surface area contributed by atoms with Crippen molar-refractivity contribution in [1.29, 1.82) is 0 Å². The summed E-state index contributed by atoms with van der Waals surface area (Å²) in [6.07, 6.45) is 1.71. The Morgan fingerprint density at radius 1 is 1.14 bits per heavy atom. The first kappa shape index (κ1) is 7.25. The van der Waals surface area contributed by atoms with Crippen LogP contribution in [0, 0.1) is 0 Å². The molecule has 5 nitrogen and oxygen atoms in total. The van der Waals surface area contributed by atoms with Crippen LogP contribution in [0.2, 0.25) is 0 Å². The average Bonchev–Trinajstić information content (AvgIpc) is 2.86. The lowest BCUT2D eigenvalue weighted by atomic mass is 10.3. The number of nitrogens with one attached hydrogen (secondary N) is 2. The molecule has 1 aromatic carbocycles. The van der Waals surface area contributed by atoms with Gasteiger partial charge in [-0.25, -0.2) is 4.98 Å². The summed E-state index contributed by atoms with van der Waals surface area (Å²) in [5.41, 5.74) is 2.66. The molecule has 2 heterocycles. The Balaban J connectivity index is 2.24. The number of imidazole rings is 1. The zero-order valence-corrected chi connectivity index (χ0v) is 7.23. The van der Waals surface area contributed by atoms with Gasteiger partial charge in [0, 0.05) is 0 Å². The Labute approximate surface area is 79.2 Å². The maximum atomic E-state index is 4.38. The van der Waals surface area contributed by atoms with E-state index in [1.807, 2.05) is 24.3 Å². The summed E-state index contributed by atoms with van der Waals surface area (Å²) in [7, 11) is 0. The van der Waals surface area contributed by atoms with E-state index in [9.17, 15) is 0 Å². The van der Waals surface area contributed by atoms with Gasteiger partial charge in [0.2, 0.25) is 0 Å². The Kier molecular flexibility index (Phi) is 1.38. The number of rotatable bonds is 1. The van der Waals surface area contributed by atoms with E-state index in [0.717, 1.165) is 22.6 Å². The van der Waals surface area contributed by atoms with Crippen molar-refractivity contribution in [2.45, 2.75) is 0 Å². The van der Waals surface area contributed by atoms with Gasteiger partial charge in [-0.15, -0.1) is 5.10 Å². The molecule has 3 aromatic rings. The number of hydrogen-bond donors (Lipinski definition) is 2. The zero-order chi connectivity index (χ0) is 9.38. The molecule has 0 aliphatic heterocycles. The molecule has 0 bridgehead atoms. The molecule has 14 heavy (non-hydrogen) atoms. The second kappa shape index (κ2) is 2.66. The van der Waals surface area contributed by atoms with Crippen LogP contribution in [0.15, 0.2) is 30.5 Å². The number of benzene rings is 1. The smallest absolute Gasteiger partial charge is 0.160 e. The average molecular weight is 185 g/mol. The second-order valence-corrected chi connectivity index (χ2v) is 2.96. The van der Waals surface area contributed by atoms with Crippen molar-refractivity contribution in [2.75, 3.05) is 0 Å². The van der Waals surface area contributed by atoms with Crippen LogP contribution in [-0.4, -0.2) is 25.4 Å². The van der Waals surface area contributed by atoms with Crippen LogP contribution in [0.3, 0.4) is 0 Å². The van der Waals surface area contributed by atoms with Gasteiger partial charge in [0.15, 0.2) is 5.82 Å². The van der Waals surface area contributed by atoms with Crippen molar-refractivity contribution in [1.82, 2.24) is 25.4 Å². The molecule has 0 saturated heterocycles. The molecule has 0 radical (unpaired) electrons. The maximum Gasteiger partial charge on any atom is 0.160 e. The molecule has 0 fully saturated rings. The van der Waals surface area contributed by atoms with E-state index in [0.29, 0.717) is 0 Å². The fourth-order valence-electron chi connectivity index (χ4n) is 1.39. The fraction of sp³-hybridized carbons (Fsp3) is 0. The highest BCUT2D eigenvalue weighted by molar-refractivity contribution is 5.78. The van der Waals surface area contributed by atoms with E-state index in [1.165, 1.54) is 0 Å². The van der Waals surface area contributed by atoms with Gasteiger partial charge < -0.3 is 4.98 Å². The van der Waals surface area contributed by atoms with Crippen LogP contribution in [0.25, 0.3) is 22.6 Å². The van der Waals surface area contributed by atoms with Crippen LogP contribution in [-0.2, 0) is 0 Å². The summed E-state index contributed by atoms with van der Waals surface area (Å²) in [4.78, 5) is 7.54. The Bertz CT molecular complexity index is 518. The third-order valence-corrected chi connectivity index (χ3v) is 2.05. The van der Waals surface area contributed by atoms with Crippen LogP contribution < -0.4 is 0 Å². The molecule has 0 unspecified atom stereocenters. The van der Waals surface area contributed by atoms with E-state index in [2.05, 4.69) is 25.4 Å². The third kappa shape index (κ3) is 0.990. The molecular weight excluding hydrogens is 178 g/mol. The molecule has 0 atom stereocenters. The Hall–Kier alpha value is -2.17. The highest BCUT2D eigenvalue weighted by Gasteiger charge is 2.05. The van der Waals surface area contributed by atoms with Gasteiger partial charge >= 0.3 is 0 Å². The molecule has 0 spiro atoms. The topological polar surface area (TPSA) is 70.2 Å². The van der Waals surface area contributed by atoms with E-state index >= 15 is 0 Å². The van der Waals surface area contributed by atoms with Crippen LogP contribution in [0.1, 0.15) is 0 Å². The van der Waals surface area contributed by atoms with Crippen LogP contribution >= 0.6 is 0 Å². The van der Waals surface area contributed by atoms with Crippen LogP contribution in [0.5, 0.6) is 0 Å². The number of nitrogens with zero attached hydrogens (tertiary/aromatic N) is 3. The van der Waals surface area contributed by atoms with E-state index < -0.39 is 0 Å². The molecule has 5 heteroatoms. The fourth-order valence-corrected chi connectivity index (χ4v) is 1.39. The third-order valence-electron chi connectivity index (χ3n) is 2.05. The molecule has 2 aromatic heterocycles. The molecule has 0 saturated carbocycles. The summed E-state index contributed by atoms with van der Waals surface area (Å²) in [5.74, 6) is 0.736. The predicted molar refractivity (Wildman–Crippen MR) is 51.5 cm³/mol. The first-order valence-electron chi connectivity index (χ1n) is 4.25. The number of H-pyrrole nitrogens is 2. The SMILES string of the molecule is c1ccc2[nH]c(-c3c[nH]nn3)nc2c1. The van der Waals surface area contributed by atoms with Gasteiger partial charge in [-0.1, -0.05) is 17.3 Å². The lowest BCUT2D eigenvalue weighted by molar-refractivity contribution is 0.940. The summed E-state index contributed by atoms with van der Waals surface area (Å²) < 4.78 is 0. The Morgan fingerprint density at radius 3 is 2.86 bits per heavy atom. The minimum atomic E-state index is 0.723. The van der Waals surface area contributed by atoms with Crippen LogP contribution in [0.4, 0.5) is 0 Å². The van der Waals surface area contributed by atoms with Gasteiger partial charge in [-0.3, -0.25) is 5.10 Å². The van der Waals surface area contributed by atoms with Crippen molar-refractivity contribution in [3.63, 3.8) is 0 Å². The summed E-state index contributed by atoms with van der Waals surface area (Å²) in [6.45, 7) is 0. The number of aromatic amines is 2. The summed E-state index contributed by atoms with van der Waals surface area (Å²) in [5, 5.41) is 10.2. The normalized spacial score (nSPS) is 10.9. The van der Waals surface area contributed by atoms with E-state index in [4.69, 9.17) is 0 Å². The molecule has 0 amide bonds. The van der Waals surface area contributed by atoms with Crippen molar-refractivity contribution in [3.05, 3.63) is 30.5 Å². The Morgan fingerprint density at radius 2 is 2.07 bits per heavy atom. The number of para-hydroxylation sites is 2. The largest absolute Gasteiger partial charge is 0.337 e.